The van der Waals surface area contributed by atoms with E-state index in [-0.39, 0.29) is 12.0 Å². The van der Waals surface area contributed by atoms with Gasteiger partial charge in [0.05, 0.1) is 5.69 Å². The first-order chi connectivity index (χ1) is 11.6. The molecule has 0 aliphatic heterocycles. The van der Waals surface area contributed by atoms with Crippen LogP contribution < -0.4 is 10.1 Å². The van der Waals surface area contributed by atoms with Gasteiger partial charge in [-0.1, -0.05) is 18.2 Å². The molecule has 2 aromatic rings. The largest absolute Gasteiger partial charge is 0.482 e. The van der Waals surface area contributed by atoms with Crippen molar-refractivity contribution in [2.45, 2.75) is 18.8 Å². The Bertz CT molecular complexity index is 741. The van der Waals surface area contributed by atoms with Crippen molar-refractivity contribution in [3.8, 4) is 5.75 Å². The van der Waals surface area contributed by atoms with Crippen LogP contribution in [-0.2, 0) is 11.2 Å². The maximum absolute atomic E-state index is 10.5. The summed E-state index contributed by atoms with van der Waals surface area (Å²) in [5.41, 5.74) is 2.37. The van der Waals surface area contributed by atoms with Crippen molar-refractivity contribution in [3.05, 3.63) is 53.6 Å². The topological polar surface area (TPSA) is 71.5 Å². The van der Waals surface area contributed by atoms with Crippen molar-refractivity contribution in [2.24, 2.45) is 5.41 Å². The van der Waals surface area contributed by atoms with E-state index in [1.54, 1.807) is 11.3 Å². The van der Waals surface area contributed by atoms with Gasteiger partial charge < -0.3 is 15.2 Å². The number of hydrogen-bond donors (Lipinski definition) is 2. The molecule has 1 aliphatic rings. The Hall–Kier alpha value is -2.34. The van der Waals surface area contributed by atoms with E-state index in [0.29, 0.717) is 11.7 Å². The molecule has 1 heterocycles. The summed E-state index contributed by atoms with van der Waals surface area (Å²) < 4.78 is 5.18. The Morgan fingerprint density at radius 2 is 2.29 bits per heavy atom. The molecule has 1 aromatic carbocycles. The number of rotatable bonds is 8. The zero-order valence-electron chi connectivity index (χ0n) is 13.5. The number of benzene rings is 1. The van der Waals surface area contributed by atoms with E-state index in [1.165, 1.54) is 5.56 Å². The summed E-state index contributed by atoms with van der Waals surface area (Å²) in [4.78, 5) is 15.1. The van der Waals surface area contributed by atoms with Crippen molar-refractivity contribution >= 4 is 22.4 Å². The van der Waals surface area contributed by atoms with Gasteiger partial charge in [0.2, 0.25) is 0 Å². The standard InChI is InChI=1S/C18H20N2O3S/c1-3-18(8-13-11-24-17(19-2)20-13)9-15(18)12-4-6-14(7-5-12)23-10-16(21)22/h3-7,11,15H,1,8-10H2,2H3,(H,19,20)(H,21,22)/t15-,18?/m0/s1. The van der Waals surface area contributed by atoms with Crippen LogP contribution in [0.25, 0.3) is 0 Å². The van der Waals surface area contributed by atoms with Crippen molar-refractivity contribution in [3.63, 3.8) is 0 Å². The van der Waals surface area contributed by atoms with Crippen LogP contribution in [0.3, 0.4) is 0 Å². The van der Waals surface area contributed by atoms with Crippen LogP contribution in [0.15, 0.2) is 42.3 Å². The van der Waals surface area contributed by atoms with Crippen LogP contribution in [0.1, 0.15) is 23.6 Å². The Kier molecular flexibility index (Phi) is 4.57. The molecule has 3 rings (SSSR count). The number of aliphatic carboxylic acids is 1. The summed E-state index contributed by atoms with van der Waals surface area (Å²) in [6.45, 7) is 3.71. The molecular formula is C18H20N2O3S. The third-order valence-electron chi connectivity index (χ3n) is 4.45. The highest BCUT2D eigenvalue weighted by atomic mass is 32.1. The number of allylic oxidation sites excluding steroid dienone is 1. The van der Waals surface area contributed by atoms with Crippen LogP contribution >= 0.6 is 11.3 Å². The summed E-state index contributed by atoms with van der Waals surface area (Å²) in [5.74, 6) is 0.0172. The lowest BCUT2D eigenvalue weighted by atomic mass is 9.94. The predicted molar refractivity (Wildman–Crippen MR) is 94.9 cm³/mol. The lowest BCUT2D eigenvalue weighted by molar-refractivity contribution is -0.139. The highest BCUT2D eigenvalue weighted by molar-refractivity contribution is 7.13. The number of thiazole rings is 1. The van der Waals surface area contributed by atoms with E-state index < -0.39 is 5.97 Å². The van der Waals surface area contributed by atoms with E-state index in [2.05, 4.69) is 22.3 Å². The van der Waals surface area contributed by atoms with Gasteiger partial charge in [0.15, 0.2) is 11.7 Å². The van der Waals surface area contributed by atoms with Crippen LogP contribution in [0.2, 0.25) is 0 Å². The molecule has 2 N–H and O–H groups in total. The third kappa shape index (κ3) is 3.43. The maximum atomic E-state index is 10.5. The zero-order valence-corrected chi connectivity index (χ0v) is 14.3. The van der Waals surface area contributed by atoms with Crippen LogP contribution in [0, 0.1) is 5.41 Å². The molecule has 0 radical (unpaired) electrons. The molecule has 0 spiro atoms. The van der Waals surface area contributed by atoms with Gasteiger partial charge in [0, 0.05) is 24.3 Å². The summed E-state index contributed by atoms with van der Waals surface area (Å²) in [6, 6.07) is 7.67. The van der Waals surface area contributed by atoms with Gasteiger partial charge in [0.1, 0.15) is 5.75 Å². The van der Waals surface area contributed by atoms with Crippen molar-refractivity contribution in [1.29, 1.82) is 0 Å². The Morgan fingerprint density at radius 3 is 2.88 bits per heavy atom. The zero-order chi connectivity index (χ0) is 17.2. The molecule has 1 aromatic heterocycles. The number of aromatic nitrogens is 1. The minimum atomic E-state index is -0.976. The molecular weight excluding hydrogens is 324 g/mol. The molecule has 1 fully saturated rings. The molecule has 0 amide bonds. The number of ether oxygens (including phenoxy) is 1. The van der Waals surface area contributed by atoms with Gasteiger partial charge in [-0.3, -0.25) is 0 Å². The highest BCUT2D eigenvalue weighted by Gasteiger charge is 2.52. The molecule has 5 nitrogen and oxygen atoms in total. The van der Waals surface area contributed by atoms with Crippen LogP contribution in [-0.4, -0.2) is 29.7 Å². The first-order valence-electron chi connectivity index (χ1n) is 7.76. The van der Waals surface area contributed by atoms with E-state index in [0.717, 1.165) is 23.7 Å². The summed E-state index contributed by atoms with van der Waals surface area (Å²) >= 11 is 1.61. The molecule has 0 saturated heterocycles. The maximum Gasteiger partial charge on any atom is 0.341 e. The SMILES string of the molecule is C=CC1(Cc2csc(NC)n2)C[C@H]1c1ccc(OCC(=O)O)cc1. The van der Waals surface area contributed by atoms with Crippen molar-refractivity contribution in [2.75, 3.05) is 19.0 Å². The van der Waals surface area contributed by atoms with E-state index in [4.69, 9.17) is 9.84 Å². The summed E-state index contributed by atoms with van der Waals surface area (Å²) in [5, 5.41) is 14.7. The number of nitrogens with one attached hydrogen (secondary N) is 1. The van der Waals surface area contributed by atoms with Crippen molar-refractivity contribution < 1.29 is 14.6 Å². The quantitative estimate of drug-likeness (QED) is 0.717. The number of anilines is 1. The van der Waals surface area contributed by atoms with Gasteiger partial charge in [0.25, 0.3) is 0 Å². The van der Waals surface area contributed by atoms with Gasteiger partial charge in [-0.2, -0.15) is 0 Å². The smallest absolute Gasteiger partial charge is 0.341 e. The average Bonchev–Trinajstić information content (AvgIpc) is 3.12. The molecule has 1 saturated carbocycles. The number of nitrogens with zero attached hydrogens (tertiary/aromatic N) is 1. The lowest BCUT2D eigenvalue weighted by Gasteiger charge is -2.11. The number of carbonyl (C=O) groups is 1. The summed E-state index contributed by atoms with van der Waals surface area (Å²) in [6.07, 6.45) is 3.99. The Balaban J connectivity index is 1.67. The van der Waals surface area contributed by atoms with Crippen LogP contribution in [0.4, 0.5) is 5.13 Å². The normalized spacial score (nSPS) is 22.0. The van der Waals surface area contributed by atoms with Gasteiger partial charge in [-0.15, -0.1) is 17.9 Å². The minimum Gasteiger partial charge on any atom is -0.482 e. The number of carboxylic acid groups (broad SMARTS) is 1. The first kappa shape index (κ1) is 16.5. The van der Waals surface area contributed by atoms with E-state index in [1.807, 2.05) is 37.4 Å². The fraction of sp³-hybridized carbons (Fsp3) is 0.333. The van der Waals surface area contributed by atoms with Crippen LogP contribution in [0.5, 0.6) is 5.75 Å². The second-order valence-corrected chi connectivity index (χ2v) is 6.87. The van der Waals surface area contributed by atoms with Gasteiger partial charge in [-0.25, -0.2) is 9.78 Å². The van der Waals surface area contributed by atoms with Gasteiger partial charge in [-0.05, 0) is 30.0 Å². The average molecular weight is 344 g/mol. The predicted octanol–water partition coefficient (Wildman–Crippen LogP) is 3.55. The monoisotopic (exact) mass is 344 g/mol. The fourth-order valence-corrected chi connectivity index (χ4v) is 3.72. The number of hydrogen-bond acceptors (Lipinski definition) is 5. The molecule has 24 heavy (non-hydrogen) atoms. The molecule has 126 valence electrons. The first-order valence-corrected chi connectivity index (χ1v) is 8.64. The fourth-order valence-electron chi connectivity index (χ4n) is 3.05. The Labute approximate surface area is 145 Å². The van der Waals surface area contributed by atoms with Gasteiger partial charge >= 0.3 is 5.97 Å². The third-order valence-corrected chi connectivity index (χ3v) is 5.35. The second-order valence-electron chi connectivity index (χ2n) is 6.02. The lowest BCUT2D eigenvalue weighted by Crippen LogP contribution is -2.09. The molecule has 1 aliphatic carbocycles. The van der Waals surface area contributed by atoms with E-state index >= 15 is 0 Å². The molecule has 2 atom stereocenters. The van der Waals surface area contributed by atoms with E-state index in [9.17, 15) is 4.79 Å². The molecule has 6 heteroatoms. The summed E-state index contributed by atoms with van der Waals surface area (Å²) in [7, 11) is 1.87. The Morgan fingerprint density at radius 1 is 1.54 bits per heavy atom. The second kappa shape index (κ2) is 6.65. The highest BCUT2D eigenvalue weighted by Crippen LogP contribution is 2.62. The van der Waals surface area contributed by atoms with Crippen molar-refractivity contribution in [1.82, 2.24) is 4.98 Å². The minimum absolute atomic E-state index is 0.0581. The molecule has 0 bridgehead atoms. The molecule has 1 unspecified atom stereocenters. The number of carboxylic acids is 1.